The molecule has 0 radical (unpaired) electrons. The van der Waals surface area contributed by atoms with Crippen LogP contribution >= 0.6 is 0 Å². The smallest absolute Gasteiger partial charge is 0.478 e. The first-order valence-electron chi connectivity index (χ1n) is 8.52. The maximum absolute atomic E-state index is 6.11. The predicted octanol–water partition coefficient (Wildman–Crippen LogP) is 1.01. The lowest BCUT2D eigenvalue weighted by atomic mass is 9.80. The number of ether oxygens (including phenoxy) is 2. The summed E-state index contributed by atoms with van der Waals surface area (Å²) in [5.41, 5.74) is -0.0962. The van der Waals surface area contributed by atoms with Gasteiger partial charge < -0.3 is 23.7 Å². The summed E-state index contributed by atoms with van der Waals surface area (Å²) in [5, 5.41) is 0. The molecule has 8 heteroatoms. The highest BCUT2D eigenvalue weighted by atomic mass is 16.7. The van der Waals surface area contributed by atoms with Crippen LogP contribution < -0.4 is 15.1 Å². The normalized spacial score (nSPS) is 22.7. The van der Waals surface area contributed by atoms with E-state index < -0.39 is 18.3 Å². The Morgan fingerprint density at radius 2 is 1.79 bits per heavy atom. The van der Waals surface area contributed by atoms with Gasteiger partial charge in [-0.3, -0.25) is 0 Å². The Bertz CT molecular complexity index is 575. The van der Waals surface area contributed by atoms with Gasteiger partial charge in [-0.2, -0.15) is 4.98 Å². The molecule has 0 atom stereocenters. The number of anilines is 1. The zero-order chi connectivity index (χ0) is 17.4. The van der Waals surface area contributed by atoms with Crippen molar-refractivity contribution in [2.45, 2.75) is 45.8 Å². The highest BCUT2D eigenvalue weighted by molar-refractivity contribution is 6.63. The summed E-state index contributed by atoms with van der Waals surface area (Å²) >= 11 is 0. The molecule has 2 aliphatic rings. The van der Waals surface area contributed by atoms with Gasteiger partial charge in [0.25, 0.3) is 0 Å². The predicted molar refractivity (Wildman–Crippen MR) is 91.9 cm³/mol. The summed E-state index contributed by atoms with van der Waals surface area (Å²) in [6.45, 7) is 13.5. The fourth-order valence-electron chi connectivity index (χ4n) is 2.67. The van der Waals surface area contributed by atoms with E-state index in [4.69, 9.17) is 18.8 Å². The van der Waals surface area contributed by atoms with Crippen molar-refractivity contribution < 1.29 is 18.8 Å². The number of hydrogen-bond donors (Lipinski definition) is 0. The molecule has 0 aliphatic carbocycles. The van der Waals surface area contributed by atoms with E-state index in [9.17, 15) is 0 Å². The van der Waals surface area contributed by atoms with Gasteiger partial charge in [-0.1, -0.05) is 0 Å². The molecule has 24 heavy (non-hydrogen) atoms. The molecule has 1 aromatic heterocycles. The van der Waals surface area contributed by atoms with Gasteiger partial charge in [0.05, 0.1) is 36.5 Å². The van der Waals surface area contributed by atoms with Crippen LogP contribution in [0.1, 0.15) is 34.6 Å². The molecular weight excluding hydrogens is 309 g/mol. The monoisotopic (exact) mass is 335 g/mol. The molecule has 3 rings (SSSR count). The second-order valence-corrected chi connectivity index (χ2v) is 7.05. The maximum atomic E-state index is 6.11. The lowest BCUT2D eigenvalue weighted by Crippen LogP contribution is -2.41. The highest BCUT2D eigenvalue weighted by Crippen LogP contribution is 2.37. The van der Waals surface area contributed by atoms with Gasteiger partial charge in [0.15, 0.2) is 0 Å². The first-order chi connectivity index (χ1) is 11.3. The molecule has 0 amide bonds. The van der Waals surface area contributed by atoms with Gasteiger partial charge in [-0.25, -0.2) is 4.98 Å². The second-order valence-electron chi connectivity index (χ2n) is 7.05. The zero-order valence-electron chi connectivity index (χ0n) is 15.2. The summed E-state index contributed by atoms with van der Waals surface area (Å²) in [7, 11) is -0.532. The SMILES string of the molecule is CCOc1nc(N2CCOCC2)ncc1B1OC(C)(C)C(C)(C)O1. The maximum Gasteiger partial charge on any atom is 0.502 e. The van der Waals surface area contributed by atoms with Gasteiger partial charge in [0.2, 0.25) is 11.8 Å². The van der Waals surface area contributed by atoms with Crippen molar-refractivity contribution in [3.05, 3.63) is 6.20 Å². The molecule has 2 aliphatic heterocycles. The first-order valence-corrected chi connectivity index (χ1v) is 8.52. The van der Waals surface area contributed by atoms with Crippen molar-refractivity contribution in [3.63, 3.8) is 0 Å². The highest BCUT2D eigenvalue weighted by Gasteiger charge is 2.53. The minimum absolute atomic E-state index is 0.413. The van der Waals surface area contributed by atoms with Crippen LogP contribution in [-0.4, -0.2) is 61.2 Å². The quantitative estimate of drug-likeness (QED) is 0.761. The summed E-state index contributed by atoms with van der Waals surface area (Å²) in [5.74, 6) is 1.18. The van der Waals surface area contributed by atoms with Crippen LogP contribution in [0.2, 0.25) is 0 Å². The van der Waals surface area contributed by atoms with Crippen LogP contribution in [0.4, 0.5) is 5.95 Å². The van der Waals surface area contributed by atoms with E-state index in [0.717, 1.165) is 18.6 Å². The molecule has 1 aromatic rings. The summed E-state index contributed by atoms with van der Waals surface area (Å²) in [6.07, 6.45) is 1.75. The first kappa shape index (κ1) is 17.4. The second kappa shape index (κ2) is 6.50. The summed E-state index contributed by atoms with van der Waals surface area (Å²) in [4.78, 5) is 11.2. The molecule has 7 nitrogen and oxygen atoms in total. The van der Waals surface area contributed by atoms with Crippen LogP contribution in [0.15, 0.2) is 6.20 Å². The average molecular weight is 335 g/mol. The van der Waals surface area contributed by atoms with Crippen LogP contribution in [0.5, 0.6) is 5.88 Å². The van der Waals surface area contributed by atoms with Crippen LogP contribution in [-0.2, 0) is 14.0 Å². The van der Waals surface area contributed by atoms with Gasteiger partial charge in [-0.15, -0.1) is 0 Å². The Kier molecular flexibility index (Phi) is 4.72. The Morgan fingerprint density at radius 3 is 2.38 bits per heavy atom. The largest absolute Gasteiger partial charge is 0.502 e. The van der Waals surface area contributed by atoms with Gasteiger partial charge in [-0.05, 0) is 34.6 Å². The fraction of sp³-hybridized carbons (Fsp3) is 0.750. The van der Waals surface area contributed by atoms with E-state index in [0.29, 0.717) is 31.6 Å². The molecule has 2 saturated heterocycles. The topological polar surface area (TPSA) is 65.9 Å². The van der Waals surface area contributed by atoms with Crippen molar-refractivity contribution in [1.29, 1.82) is 0 Å². The molecule has 0 unspecified atom stereocenters. The minimum Gasteiger partial charge on any atom is -0.478 e. The van der Waals surface area contributed by atoms with E-state index in [1.807, 2.05) is 34.6 Å². The lowest BCUT2D eigenvalue weighted by molar-refractivity contribution is 0.00578. The Balaban J connectivity index is 1.88. The minimum atomic E-state index is -0.532. The van der Waals surface area contributed by atoms with E-state index in [1.54, 1.807) is 6.20 Å². The Labute approximate surface area is 143 Å². The Hall–Kier alpha value is -1.38. The third-order valence-electron chi connectivity index (χ3n) is 4.85. The lowest BCUT2D eigenvalue weighted by Gasteiger charge is -2.32. The number of nitrogens with zero attached hydrogens (tertiary/aromatic N) is 3. The van der Waals surface area contributed by atoms with E-state index in [-0.39, 0.29) is 0 Å². The number of rotatable bonds is 4. The molecule has 132 valence electrons. The van der Waals surface area contributed by atoms with Crippen LogP contribution in [0, 0.1) is 0 Å². The third-order valence-corrected chi connectivity index (χ3v) is 4.85. The van der Waals surface area contributed by atoms with E-state index in [1.165, 1.54) is 0 Å². The van der Waals surface area contributed by atoms with Crippen molar-refractivity contribution in [2.24, 2.45) is 0 Å². The van der Waals surface area contributed by atoms with E-state index in [2.05, 4.69) is 14.9 Å². The van der Waals surface area contributed by atoms with Gasteiger partial charge >= 0.3 is 7.12 Å². The molecule has 0 bridgehead atoms. The Morgan fingerprint density at radius 1 is 1.17 bits per heavy atom. The summed E-state index contributed by atoms with van der Waals surface area (Å²) < 4.78 is 23.3. The molecule has 0 N–H and O–H groups in total. The number of aromatic nitrogens is 2. The van der Waals surface area contributed by atoms with E-state index >= 15 is 0 Å². The molecule has 0 spiro atoms. The number of hydrogen-bond acceptors (Lipinski definition) is 7. The summed E-state index contributed by atoms with van der Waals surface area (Å²) in [6, 6.07) is 0. The van der Waals surface area contributed by atoms with Gasteiger partial charge in [0.1, 0.15) is 0 Å². The molecule has 0 aromatic carbocycles. The molecular formula is C16H26BN3O4. The molecule has 0 saturated carbocycles. The van der Waals surface area contributed by atoms with Crippen LogP contribution in [0.25, 0.3) is 0 Å². The van der Waals surface area contributed by atoms with Crippen LogP contribution in [0.3, 0.4) is 0 Å². The number of morpholine rings is 1. The van der Waals surface area contributed by atoms with Crippen molar-refractivity contribution in [3.8, 4) is 5.88 Å². The third kappa shape index (κ3) is 3.23. The zero-order valence-corrected chi connectivity index (χ0v) is 15.2. The fourth-order valence-corrected chi connectivity index (χ4v) is 2.67. The van der Waals surface area contributed by atoms with Crippen molar-refractivity contribution in [2.75, 3.05) is 37.8 Å². The molecule has 3 heterocycles. The standard InChI is InChI=1S/C16H26BN3O4/c1-6-22-13-12(17-23-15(2,3)16(4,5)24-17)11-18-14(19-13)20-7-9-21-10-8-20/h11H,6-10H2,1-5H3. The van der Waals surface area contributed by atoms with Crippen molar-refractivity contribution >= 4 is 18.5 Å². The van der Waals surface area contributed by atoms with Crippen molar-refractivity contribution in [1.82, 2.24) is 9.97 Å². The molecule has 2 fully saturated rings. The average Bonchev–Trinajstić information content (AvgIpc) is 2.76. The van der Waals surface area contributed by atoms with Gasteiger partial charge in [0, 0.05) is 19.3 Å².